The molecule has 40 heavy (non-hydrogen) atoms. The van der Waals surface area contributed by atoms with E-state index in [2.05, 4.69) is 15.3 Å². The fourth-order valence-corrected chi connectivity index (χ4v) is 4.75. The Kier molecular flexibility index (Phi) is 6.59. The number of benzene rings is 2. The molecule has 0 saturated heterocycles. The van der Waals surface area contributed by atoms with Crippen molar-refractivity contribution >= 4 is 29.0 Å². The average molecular weight is 535 g/mol. The monoisotopic (exact) mass is 534 g/mol. The van der Waals surface area contributed by atoms with Gasteiger partial charge in [0.05, 0.1) is 17.1 Å². The third-order valence-corrected chi connectivity index (χ3v) is 6.51. The summed E-state index contributed by atoms with van der Waals surface area (Å²) in [7, 11) is 0. The first-order valence-corrected chi connectivity index (χ1v) is 12.1. The number of carbonyl (C=O) groups is 1. The van der Waals surface area contributed by atoms with Crippen LogP contribution in [0.15, 0.2) is 77.7 Å². The number of anilines is 3. The highest BCUT2D eigenvalue weighted by Crippen LogP contribution is 2.39. The second-order valence-electron chi connectivity index (χ2n) is 9.05. The Morgan fingerprint density at radius 3 is 2.33 bits per heavy atom. The molecule has 5 rings (SSSR count). The van der Waals surface area contributed by atoms with E-state index in [0.717, 1.165) is 6.20 Å². The molecule has 0 radical (unpaired) electrons. The van der Waals surface area contributed by atoms with E-state index < -0.39 is 23.3 Å². The van der Waals surface area contributed by atoms with Crippen molar-refractivity contribution in [3.63, 3.8) is 0 Å². The van der Waals surface area contributed by atoms with Crippen molar-refractivity contribution in [2.24, 2.45) is 5.73 Å². The minimum atomic E-state index is -0.662. The molecule has 0 saturated carbocycles. The molecule has 0 spiro atoms. The summed E-state index contributed by atoms with van der Waals surface area (Å²) in [5, 5.41) is 12.9. The van der Waals surface area contributed by atoms with E-state index in [9.17, 15) is 19.2 Å². The Labute approximate surface area is 227 Å². The topological polar surface area (TPSA) is 178 Å². The third kappa shape index (κ3) is 4.54. The highest BCUT2D eigenvalue weighted by molar-refractivity contribution is 5.95. The summed E-state index contributed by atoms with van der Waals surface area (Å²) in [6, 6.07) is 19.6. The highest BCUT2D eigenvalue weighted by Gasteiger charge is 2.26. The molecule has 1 amide bonds. The maximum Gasteiger partial charge on any atom is 0.263 e. The van der Waals surface area contributed by atoms with Crippen LogP contribution in [0, 0.1) is 17.1 Å². The Morgan fingerprint density at radius 2 is 1.68 bits per heavy atom. The van der Waals surface area contributed by atoms with E-state index in [1.54, 1.807) is 55.5 Å². The molecule has 0 unspecified atom stereocenters. The summed E-state index contributed by atoms with van der Waals surface area (Å²) in [6.45, 7) is 1.79. The van der Waals surface area contributed by atoms with Gasteiger partial charge in [-0.25, -0.2) is 4.39 Å². The first-order valence-electron chi connectivity index (χ1n) is 12.1. The van der Waals surface area contributed by atoms with E-state index in [1.807, 2.05) is 12.1 Å². The molecule has 3 heterocycles. The van der Waals surface area contributed by atoms with Crippen molar-refractivity contribution in [2.75, 3.05) is 16.8 Å². The molecule has 1 atom stereocenters. The number of nitrogens with two attached hydrogens (primary N) is 3. The fourth-order valence-electron chi connectivity index (χ4n) is 4.75. The number of nitrogens with one attached hydrogen (secondary N) is 1. The molecule has 2 aromatic carbocycles. The molecule has 0 aliphatic heterocycles. The predicted octanol–water partition coefficient (Wildman–Crippen LogP) is 3.87. The van der Waals surface area contributed by atoms with Crippen molar-refractivity contribution in [1.29, 1.82) is 5.26 Å². The largest absolute Gasteiger partial charge is 0.382 e. The Hall–Kier alpha value is -5.76. The van der Waals surface area contributed by atoms with Gasteiger partial charge >= 0.3 is 0 Å². The zero-order valence-corrected chi connectivity index (χ0v) is 21.2. The van der Waals surface area contributed by atoms with Crippen molar-refractivity contribution in [3.8, 4) is 28.3 Å². The van der Waals surface area contributed by atoms with E-state index >= 15 is 0 Å². The number of hydrogen-bond donors (Lipinski definition) is 4. The SMILES string of the molecule is C[C@H](Nc1nc(N)nc(N)c1C#N)c1c(-c2ccccc2)c(=O)n2cc(F)ccc2c1-c1ccc(C(N)=O)cc1. The van der Waals surface area contributed by atoms with E-state index in [4.69, 9.17) is 17.2 Å². The number of amides is 1. The van der Waals surface area contributed by atoms with Crippen LogP contribution >= 0.6 is 0 Å². The number of carbonyl (C=O) groups excluding carboxylic acids is 1. The standard InChI is InChI=1S/C29H23FN8O2/c1-15(35-27-20(13-31)25(32)36-29(34)37-27)22-23(17-7-9-18(10-8-17)26(33)39)21-12-11-19(30)14-38(21)28(40)24(22)16-5-3-2-4-6-16/h2-12,14-15H,1H3,(H2,33,39)(H5,32,34,35,36,37)/t15-/m0/s1. The first kappa shape index (κ1) is 25.9. The maximum absolute atomic E-state index is 14.4. The Morgan fingerprint density at radius 1 is 1.00 bits per heavy atom. The molecule has 0 bridgehead atoms. The lowest BCUT2D eigenvalue weighted by Crippen LogP contribution is -2.23. The highest BCUT2D eigenvalue weighted by atomic mass is 19.1. The third-order valence-electron chi connectivity index (χ3n) is 6.51. The van der Waals surface area contributed by atoms with Crippen LogP contribution in [0.5, 0.6) is 0 Å². The maximum atomic E-state index is 14.4. The van der Waals surface area contributed by atoms with Gasteiger partial charge in [0.2, 0.25) is 11.9 Å². The second kappa shape index (κ2) is 10.2. The lowest BCUT2D eigenvalue weighted by molar-refractivity contribution is 0.100. The van der Waals surface area contributed by atoms with Crippen LogP contribution in [0.3, 0.4) is 0 Å². The minimum Gasteiger partial charge on any atom is -0.382 e. The van der Waals surface area contributed by atoms with E-state index in [0.29, 0.717) is 38.9 Å². The number of nitriles is 1. The van der Waals surface area contributed by atoms with Crippen molar-refractivity contribution < 1.29 is 9.18 Å². The molecular formula is C29H23FN8O2. The molecule has 3 aromatic heterocycles. The van der Waals surface area contributed by atoms with E-state index in [1.165, 1.54) is 16.5 Å². The molecule has 0 aliphatic carbocycles. The Balaban J connectivity index is 1.87. The first-order chi connectivity index (χ1) is 19.2. The lowest BCUT2D eigenvalue weighted by atomic mass is 9.88. The van der Waals surface area contributed by atoms with Crippen LogP contribution in [-0.2, 0) is 0 Å². The van der Waals surface area contributed by atoms with Gasteiger partial charge in [-0.05, 0) is 47.9 Å². The van der Waals surface area contributed by atoms with Crippen LogP contribution < -0.4 is 28.1 Å². The van der Waals surface area contributed by atoms with Gasteiger partial charge in [-0.3, -0.25) is 14.0 Å². The second-order valence-corrected chi connectivity index (χ2v) is 9.05. The predicted molar refractivity (Wildman–Crippen MR) is 151 cm³/mol. The van der Waals surface area contributed by atoms with Gasteiger partial charge in [0.25, 0.3) is 5.56 Å². The Bertz CT molecular complexity index is 1880. The summed E-state index contributed by atoms with van der Waals surface area (Å²) < 4.78 is 15.7. The van der Waals surface area contributed by atoms with Gasteiger partial charge < -0.3 is 22.5 Å². The van der Waals surface area contributed by atoms with Crippen molar-refractivity contribution in [3.05, 3.63) is 106 Å². The minimum absolute atomic E-state index is 0.00532. The van der Waals surface area contributed by atoms with Crippen LogP contribution in [-0.4, -0.2) is 20.3 Å². The number of fused-ring (bicyclic) bond motifs is 1. The summed E-state index contributed by atoms with van der Waals surface area (Å²) in [6.07, 6.45) is 1.13. The van der Waals surface area contributed by atoms with Gasteiger partial charge in [0, 0.05) is 17.3 Å². The summed E-state index contributed by atoms with van der Waals surface area (Å²) in [5.74, 6) is -1.32. The number of halogens is 1. The molecule has 0 fully saturated rings. The number of hydrogen-bond acceptors (Lipinski definition) is 8. The van der Waals surface area contributed by atoms with Gasteiger partial charge in [-0.2, -0.15) is 15.2 Å². The number of primary amides is 1. The van der Waals surface area contributed by atoms with Crippen LogP contribution in [0.2, 0.25) is 0 Å². The number of aromatic nitrogens is 3. The quantitative estimate of drug-likeness (QED) is 0.253. The van der Waals surface area contributed by atoms with Crippen molar-refractivity contribution in [2.45, 2.75) is 13.0 Å². The van der Waals surface area contributed by atoms with Crippen LogP contribution in [0.1, 0.15) is 34.5 Å². The fraction of sp³-hybridized carbons (Fsp3) is 0.0690. The zero-order chi connectivity index (χ0) is 28.6. The van der Waals surface area contributed by atoms with Crippen LogP contribution in [0.4, 0.5) is 22.0 Å². The smallest absolute Gasteiger partial charge is 0.263 e. The lowest BCUT2D eigenvalue weighted by Gasteiger charge is -2.25. The van der Waals surface area contributed by atoms with Gasteiger partial charge in [0.1, 0.15) is 23.3 Å². The number of nitrogens with zero attached hydrogens (tertiary/aromatic N) is 4. The molecule has 10 nitrogen and oxygen atoms in total. The van der Waals surface area contributed by atoms with Crippen molar-refractivity contribution in [1.82, 2.24) is 14.4 Å². The molecule has 0 aliphatic rings. The molecule has 11 heteroatoms. The summed E-state index contributed by atoms with van der Waals surface area (Å²) in [5.41, 5.74) is 20.1. The van der Waals surface area contributed by atoms with Gasteiger partial charge in [-0.1, -0.05) is 42.5 Å². The zero-order valence-electron chi connectivity index (χ0n) is 21.2. The summed E-state index contributed by atoms with van der Waals surface area (Å²) in [4.78, 5) is 33.8. The average Bonchev–Trinajstić information content (AvgIpc) is 2.93. The molecule has 198 valence electrons. The van der Waals surface area contributed by atoms with Gasteiger partial charge in [-0.15, -0.1) is 0 Å². The molecule has 5 aromatic rings. The molecule has 7 N–H and O–H groups in total. The van der Waals surface area contributed by atoms with Crippen LogP contribution in [0.25, 0.3) is 27.8 Å². The number of nitrogen functional groups attached to an aromatic ring is 2. The normalized spacial score (nSPS) is 11.6. The number of pyridine rings is 2. The number of rotatable bonds is 6. The van der Waals surface area contributed by atoms with E-state index in [-0.39, 0.29) is 23.1 Å². The van der Waals surface area contributed by atoms with Gasteiger partial charge in [0.15, 0.2) is 5.82 Å². The summed E-state index contributed by atoms with van der Waals surface area (Å²) >= 11 is 0. The molecular weight excluding hydrogens is 511 g/mol.